The highest BCUT2D eigenvalue weighted by Crippen LogP contribution is 2.37. The maximum atomic E-state index is 12.7. The molecule has 4 rings (SSSR count). The number of benzene rings is 2. The number of fused-ring (bicyclic) bond motifs is 1. The van der Waals surface area contributed by atoms with Gasteiger partial charge in [-0.05, 0) is 49.1 Å². The van der Waals surface area contributed by atoms with E-state index in [0.29, 0.717) is 18.7 Å². The first-order valence-electron chi connectivity index (χ1n) is 9.05. The SMILES string of the molecule is COc1ccccc1CNS(=O)(=O)c1ccc2c(c1)CCN2C(=O)C1CC1. The van der Waals surface area contributed by atoms with Crippen LogP contribution < -0.4 is 14.4 Å². The van der Waals surface area contributed by atoms with E-state index in [2.05, 4.69) is 4.72 Å². The average molecular weight is 386 g/mol. The van der Waals surface area contributed by atoms with E-state index in [-0.39, 0.29) is 23.3 Å². The quantitative estimate of drug-likeness (QED) is 0.828. The van der Waals surface area contributed by atoms with Crippen LogP contribution in [-0.4, -0.2) is 28.0 Å². The van der Waals surface area contributed by atoms with Gasteiger partial charge in [0.2, 0.25) is 15.9 Å². The Labute approximate surface area is 159 Å². The van der Waals surface area contributed by atoms with Crippen molar-refractivity contribution in [1.82, 2.24) is 4.72 Å². The minimum atomic E-state index is -3.66. The zero-order valence-electron chi connectivity index (χ0n) is 15.1. The maximum Gasteiger partial charge on any atom is 0.240 e. The van der Waals surface area contributed by atoms with Gasteiger partial charge in [-0.25, -0.2) is 13.1 Å². The molecule has 1 aliphatic carbocycles. The molecule has 0 spiro atoms. The van der Waals surface area contributed by atoms with E-state index in [9.17, 15) is 13.2 Å². The molecule has 0 bridgehead atoms. The van der Waals surface area contributed by atoms with Crippen LogP contribution in [0.1, 0.15) is 24.0 Å². The van der Waals surface area contributed by atoms with Crippen molar-refractivity contribution in [3.8, 4) is 5.75 Å². The first kappa shape index (κ1) is 18.0. The summed E-state index contributed by atoms with van der Waals surface area (Å²) in [4.78, 5) is 14.4. The van der Waals surface area contributed by atoms with Crippen LogP contribution in [0.4, 0.5) is 5.69 Å². The van der Waals surface area contributed by atoms with Gasteiger partial charge >= 0.3 is 0 Å². The molecule has 27 heavy (non-hydrogen) atoms. The number of nitrogens with one attached hydrogen (secondary N) is 1. The smallest absolute Gasteiger partial charge is 0.240 e. The summed E-state index contributed by atoms with van der Waals surface area (Å²) in [5.41, 5.74) is 2.52. The van der Waals surface area contributed by atoms with Crippen LogP contribution >= 0.6 is 0 Å². The van der Waals surface area contributed by atoms with Crippen LogP contribution in [0.2, 0.25) is 0 Å². The molecule has 7 heteroatoms. The monoisotopic (exact) mass is 386 g/mol. The maximum absolute atomic E-state index is 12.7. The van der Waals surface area contributed by atoms with E-state index in [1.165, 1.54) is 0 Å². The Bertz CT molecular complexity index is 983. The van der Waals surface area contributed by atoms with Gasteiger partial charge < -0.3 is 9.64 Å². The normalized spacial score (nSPS) is 16.3. The molecule has 142 valence electrons. The molecule has 6 nitrogen and oxygen atoms in total. The molecule has 1 N–H and O–H groups in total. The van der Waals surface area contributed by atoms with Crippen LogP contribution in [0, 0.1) is 5.92 Å². The first-order chi connectivity index (χ1) is 13.0. The van der Waals surface area contributed by atoms with Gasteiger partial charge in [-0.3, -0.25) is 4.79 Å². The lowest BCUT2D eigenvalue weighted by molar-refractivity contribution is -0.119. The molecule has 2 aromatic rings. The largest absolute Gasteiger partial charge is 0.496 e. The van der Waals surface area contributed by atoms with Gasteiger partial charge in [-0.2, -0.15) is 0 Å². The van der Waals surface area contributed by atoms with Crippen molar-refractivity contribution in [1.29, 1.82) is 0 Å². The predicted molar refractivity (Wildman–Crippen MR) is 102 cm³/mol. The summed E-state index contributed by atoms with van der Waals surface area (Å²) >= 11 is 0. The number of rotatable bonds is 6. The van der Waals surface area contributed by atoms with Crippen molar-refractivity contribution in [3.05, 3.63) is 53.6 Å². The minimum absolute atomic E-state index is 0.149. The van der Waals surface area contributed by atoms with Gasteiger partial charge in [-0.1, -0.05) is 18.2 Å². The molecular weight excluding hydrogens is 364 g/mol. The Hall–Kier alpha value is -2.38. The topological polar surface area (TPSA) is 75.7 Å². The van der Waals surface area contributed by atoms with Crippen LogP contribution in [0.3, 0.4) is 0 Å². The summed E-state index contributed by atoms with van der Waals surface area (Å²) in [5, 5.41) is 0. The van der Waals surface area contributed by atoms with Crippen molar-refractivity contribution < 1.29 is 17.9 Å². The molecule has 0 unspecified atom stereocenters. The third-order valence-electron chi connectivity index (χ3n) is 5.09. The molecule has 0 saturated heterocycles. The van der Waals surface area contributed by atoms with Crippen LogP contribution in [0.5, 0.6) is 5.75 Å². The Morgan fingerprint density at radius 1 is 1.22 bits per heavy atom. The number of methoxy groups -OCH3 is 1. The van der Waals surface area contributed by atoms with E-state index in [4.69, 9.17) is 4.74 Å². The van der Waals surface area contributed by atoms with E-state index in [0.717, 1.165) is 29.7 Å². The summed E-state index contributed by atoms with van der Waals surface area (Å²) in [6, 6.07) is 12.3. The van der Waals surface area contributed by atoms with Gasteiger partial charge in [0.15, 0.2) is 0 Å². The molecular formula is C20H22N2O4S. The number of carbonyl (C=O) groups excluding carboxylic acids is 1. The molecule has 2 aliphatic rings. The Morgan fingerprint density at radius 3 is 2.74 bits per heavy atom. The third-order valence-corrected chi connectivity index (χ3v) is 6.49. The van der Waals surface area contributed by atoms with Crippen LogP contribution in [0.25, 0.3) is 0 Å². The second kappa shape index (κ2) is 6.98. The number of ether oxygens (including phenoxy) is 1. The number of hydrogen-bond acceptors (Lipinski definition) is 4. The highest BCUT2D eigenvalue weighted by atomic mass is 32.2. The molecule has 1 saturated carbocycles. The molecule has 1 fully saturated rings. The van der Waals surface area contributed by atoms with Crippen molar-refractivity contribution in [2.75, 3.05) is 18.6 Å². The molecule has 1 aliphatic heterocycles. The Morgan fingerprint density at radius 2 is 2.00 bits per heavy atom. The van der Waals surface area contributed by atoms with Gasteiger partial charge in [0.25, 0.3) is 0 Å². The van der Waals surface area contributed by atoms with Gasteiger partial charge in [-0.15, -0.1) is 0 Å². The van der Waals surface area contributed by atoms with E-state index < -0.39 is 10.0 Å². The molecule has 0 atom stereocenters. The highest BCUT2D eigenvalue weighted by molar-refractivity contribution is 7.89. The number of hydrogen-bond donors (Lipinski definition) is 1. The lowest BCUT2D eigenvalue weighted by atomic mass is 10.2. The third kappa shape index (κ3) is 3.57. The van der Waals surface area contributed by atoms with Gasteiger partial charge in [0.05, 0.1) is 12.0 Å². The standard InChI is InChI=1S/C20H22N2O4S/c1-26-19-5-3-2-4-16(19)13-21-27(24,25)17-8-9-18-15(12-17)10-11-22(18)20(23)14-6-7-14/h2-5,8-9,12,14,21H,6-7,10-11,13H2,1H3. The van der Waals surface area contributed by atoms with Crippen molar-refractivity contribution in [3.63, 3.8) is 0 Å². The lowest BCUT2D eigenvalue weighted by Gasteiger charge is -2.17. The van der Waals surface area contributed by atoms with Crippen molar-refractivity contribution in [2.45, 2.75) is 30.7 Å². The fraction of sp³-hybridized carbons (Fsp3) is 0.350. The van der Waals surface area contributed by atoms with Crippen LogP contribution in [-0.2, 0) is 27.8 Å². The summed E-state index contributed by atoms with van der Waals surface area (Å²) < 4.78 is 33.3. The summed E-state index contributed by atoms with van der Waals surface area (Å²) in [6.45, 7) is 0.776. The molecule has 2 aromatic carbocycles. The fourth-order valence-corrected chi connectivity index (χ4v) is 4.49. The minimum Gasteiger partial charge on any atom is -0.496 e. The average Bonchev–Trinajstić information content (AvgIpc) is 3.45. The lowest BCUT2D eigenvalue weighted by Crippen LogP contribution is -2.30. The molecule has 0 radical (unpaired) electrons. The van der Waals surface area contributed by atoms with Gasteiger partial charge in [0.1, 0.15) is 5.75 Å². The van der Waals surface area contributed by atoms with E-state index in [1.54, 1.807) is 36.3 Å². The second-order valence-electron chi connectivity index (χ2n) is 6.94. The fourth-order valence-electron chi connectivity index (χ4n) is 3.43. The highest BCUT2D eigenvalue weighted by Gasteiger charge is 2.36. The summed E-state index contributed by atoms with van der Waals surface area (Å²) in [6.07, 6.45) is 2.61. The van der Waals surface area contributed by atoms with Crippen molar-refractivity contribution in [2.24, 2.45) is 5.92 Å². The number of carbonyl (C=O) groups is 1. The van der Waals surface area contributed by atoms with E-state index >= 15 is 0 Å². The number of nitrogens with zero attached hydrogens (tertiary/aromatic N) is 1. The number of para-hydroxylation sites is 1. The van der Waals surface area contributed by atoms with Crippen molar-refractivity contribution >= 4 is 21.6 Å². The molecule has 1 heterocycles. The second-order valence-corrected chi connectivity index (χ2v) is 8.71. The van der Waals surface area contributed by atoms with Crippen LogP contribution in [0.15, 0.2) is 47.4 Å². The molecule has 1 amide bonds. The predicted octanol–water partition coefficient (Wildman–Crippen LogP) is 2.47. The van der Waals surface area contributed by atoms with E-state index in [1.807, 2.05) is 18.2 Å². The Balaban J connectivity index is 1.52. The van der Waals surface area contributed by atoms with Gasteiger partial charge in [0, 0.05) is 30.3 Å². The Kier molecular flexibility index (Phi) is 4.65. The number of anilines is 1. The summed E-state index contributed by atoms with van der Waals surface area (Å²) in [7, 11) is -2.10. The zero-order chi connectivity index (χ0) is 19.0. The number of amides is 1. The molecule has 0 aromatic heterocycles. The first-order valence-corrected chi connectivity index (χ1v) is 10.5. The number of sulfonamides is 1. The zero-order valence-corrected chi connectivity index (χ0v) is 16.0. The summed E-state index contributed by atoms with van der Waals surface area (Å²) in [5.74, 6) is 0.962.